The quantitative estimate of drug-likeness (QED) is 0.384. The van der Waals surface area contributed by atoms with Crippen LogP contribution < -0.4 is 4.31 Å². The van der Waals surface area contributed by atoms with Crippen molar-refractivity contribution in [2.45, 2.75) is 68.2 Å². The first-order chi connectivity index (χ1) is 16.3. The van der Waals surface area contributed by atoms with E-state index in [1.807, 2.05) is 0 Å². The molecule has 3 rings (SSSR count). The van der Waals surface area contributed by atoms with E-state index >= 15 is 0 Å². The van der Waals surface area contributed by atoms with Gasteiger partial charge in [-0.2, -0.15) is 13.2 Å². The Labute approximate surface area is 201 Å². The largest absolute Gasteiger partial charge is 0.421 e. The van der Waals surface area contributed by atoms with Crippen LogP contribution in [-0.4, -0.2) is 43.2 Å². The Morgan fingerprint density at radius 1 is 1.11 bits per heavy atom. The van der Waals surface area contributed by atoms with Crippen molar-refractivity contribution < 1.29 is 41.0 Å². The fourth-order valence-corrected chi connectivity index (χ4v) is 5.85. The van der Waals surface area contributed by atoms with Crippen molar-refractivity contribution in [3.63, 3.8) is 0 Å². The normalized spacial score (nSPS) is 18.1. The highest BCUT2D eigenvalue weighted by Gasteiger charge is 2.51. The molecule has 192 valence electrons. The number of carbonyl (C=O) groups excluding carboxylic acids is 1. The average molecular weight is 518 g/mol. The van der Waals surface area contributed by atoms with Gasteiger partial charge in [0.15, 0.2) is 5.60 Å². The molecule has 6 nitrogen and oxygen atoms in total. The topological polar surface area (TPSA) is 94.9 Å². The number of ketones is 1. The maximum atomic E-state index is 13.6. The second kappa shape index (κ2) is 10.2. The lowest BCUT2D eigenvalue weighted by atomic mass is 9.88. The molecule has 0 fully saturated rings. The average Bonchev–Trinajstić information content (AvgIpc) is 2.78. The van der Waals surface area contributed by atoms with Gasteiger partial charge in [0, 0.05) is 19.4 Å². The Kier molecular flexibility index (Phi) is 7.93. The van der Waals surface area contributed by atoms with Gasteiger partial charge in [-0.3, -0.25) is 9.10 Å². The Balaban J connectivity index is 2.05. The van der Waals surface area contributed by atoms with Crippen molar-refractivity contribution in [2.75, 3.05) is 10.9 Å². The molecule has 0 aromatic heterocycles. The summed E-state index contributed by atoms with van der Waals surface area (Å²) in [4.78, 5) is 12.3. The molecule has 0 saturated heterocycles. The van der Waals surface area contributed by atoms with Crippen LogP contribution in [0.25, 0.3) is 0 Å². The van der Waals surface area contributed by atoms with Crippen molar-refractivity contribution >= 4 is 21.5 Å². The lowest BCUT2D eigenvalue weighted by Gasteiger charge is -2.38. The molecule has 1 aliphatic rings. The highest BCUT2D eigenvalue weighted by atomic mass is 32.2. The molecule has 2 atom stereocenters. The van der Waals surface area contributed by atoms with Gasteiger partial charge < -0.3 is 10.2 Å². The Bertz CT molecular complexity index is 1160. The summed E-state index contributed by atoms with van der Waals surface area (Å²) >= 11 is 0. The van der Waals surface area contributed by atoms with Gasteiger partial charge in [0.05, 0.1) is 16.6 Å². The van der Waals surface area contributed by atoms with E-state index in [2.05, 4.69) is 0 Å². The number of rotatable bonds is 9. The monoisotopic (exact) mass is 517 g/mol. The third-order valence-corrected chi connectivity index (χ3v) is 8.09. The number of aliphatic hydroxyl groups is 2. The molecular formula is C24H27F4NO5S. The van der Waals surface area contributed by atoms with Gasteiger partial charge in [0.2, 0.25) is 0 Å². The molecule has 11 heteroatoms. The number of hydrogen-bond acceptors (Lipinski definition) is 5. The van der Waals surface area contributed by atoms with E-state index < -0.39 is 39.2 Å². The summed E-state index contributed by atoms with van der Waals surface area (Å²) in [5.74, 6) is -0.847. The van der Waals surface area contributed by atoms with Gasteiger partial charge in [-0.1, -0.05) is 12.1 Å². The molecule has 0 amide bonds. The van der Waals surface area contributed by atoms with E-state index in [-0.39, 0.29) is 54.2 Å². The number of aryl methyl sites for hydroxylation is 1. The smallest absolute Gasteiger partial charge is 0.396 e. The number of carbonyl (C=O) groups is 1. The zero-order chi connectivity index (χ0) is 26.0. The van der Waals surface area contributed by atoms with Gasteiger partial charge in [-0.25, -0.2) is 12.8 Å². The molecule has 0 radical (unpaired) electrons. The first-order valence-electron chi connectivity index (χ1n) is 11.1. The van der Waals surface area contributed by atoms with Crippen molar-refractivity contribution in [3.8, 4) is 0 Å². The van der Waals surface area contributed by atoms with Crippen LogP contribution in [0.2, 0.25) is 0 Å². The molecule has 2 unspecified atom stereocenters. The van der Waals surface area contributed by atoms with E-state index in [1.54, 1.807) is 0 Å². The van der Waals surface area contributed by atoms with Crippen molar-refractivity contribution in [1.29, 1.82) is 0 Å². The van der Waals surface area contributed by atoms with Crippen LogP contribution in [0, 0.1) is 5.82 Å². The minimum absolute atomic E-state index is 0.0702. The number of fused-ring (bicyclic) bond motifs is 1. The van der Waals surface area contributed by atoms with Crippen molar-refractivity contribution in [3.05, 3.63) is 59.4 Å². The molecule has 2 aromatic rings. The SMILES string of the molecule is CC(O)(c1ccc2c(c1)CCC(CC(=O)CCCCO)N2S(=O)(=O)c1ccc(F)cc1)C(F)(F)F. The van der Waals surface area contributed by atoms with Gasteiger partial charge in [0.1, 0.15) is 11.6 Å². The molecule has 0 spiro atoms. The van der Waals surface area contributed by atoms with Crippen molar-refractivity contribution in [2.24, 2.45) is 0 Å². The second-order valence-electron chi connectivity index (χ2n) is 8.78. The number of nitrogens with zero attached hydrogens (tertiary/aromatic N) is 1. The maximum Gasteiger partial charge on any atom is 0.421 e. The van der Waals surface area contributed by atoms with Crippen LogP contribution in [0.5, 0.6) is 0 Å². The van der Waals surface area contributed by atoms with Crippen LogP contribution in [-0.2, 0) is 26.8 Å². The van der Waals surface area contributed by atoms with Gasteiger partial charge in [0.25, 0.3) is 10.0 Å². The first-order valence-corrected chi connectivity index (χ1v) is 12.6. The zero-order valence-corrected chi connectivity index (χ0v) is 19.9. The molecule has 35 heavy (non-hydrogen) atoms. The first kappa shape index (κ1) is 27.1. The maximum absolute atomic E-state index is 13.6. The number of unbranched alkanes of at least 4 members (excludes halogenated alkanes) is 1. The van der Waals surface area contributed by atoms with Crippen LogP contribution in [0.4, 0.5) is 23.2 Å². The number of alkyl halides is 3. The summed E-state index contributed by atoms with van der Waals surface area (Å²) < 4.78 is 81.7. The van der Waals surface area contributed by atoms with Crippen LogP contribution in [0.3, 0.4) is 0 Å². The van der Waals surface area contributed by atoms with E-state index in [9.17, 15) is 35.9 Å². The van der Waals surface area contributed by atoms with Crippen LogP contribution >= 0.6 is 0 Å². The van der Waals surface area contributed by atoms with E-state index in [0.717, 1.165) is 40.7 Å². The minimum Gasteiger partial charge on any atom is -0.396 e. The Morgan fingerprint density at radius 3 is 2.37 bits per heavy atom. The zero-order valence-electron chi connectivity index (χ0n) is 19.1. The molecule has 1 heterocycles. The number of hydrogen-bond donors (Lipinski definition) is 2. The highest BCUT2D eigenvalue weighted by Crippen LogP contribution is 2.43. The molecular weight excluding hydrogens is 490 g/mol. The predicted molar refractivity (Wildman–Crippen MR) is 121 cm³/mol. The molecule has 0 saturated carbocycles. The predicted octanol–water partition coefficient (Wildman–Crippen LogP) is 4.23. The summed E-state index contributed by atoms with van der Waals surface area (Å²) in [7, 11) is -4.30. The molecule has 2 N–H and O–H groups in total. The lowest BCUT2D eigenvalue weighted by Crippen LogP contribution is -2.45. The second-order valence-corrected chi connectivity index (χ2v) is 10.6. The molecule has 2 aromatic carbocycles. The van der Waals surface area contributed by atoms with Gasteiger partial charge >= 0.3 is 6.18 Å². The van der Waals surface area contributed by atoms with E-state index in [4.69, 9.17) is 5.11 Å². The summed E-state index contributed by atoms with van der Waals surface area (Å²) in [6.45, 7) is 0.553. The standard InChI is InChI=1S/C24H27F4NO5S/c1-23(32,24(26,27)28)17-6-12-22-16(14-17)5-9-19(15-20(31)4-2-3-13-30)29(22)35(33,34)21-10-7-18(25)8-11-21/h6-8,10-12,14,19,30,32H,2-5,9,13,15H2,1H3. The number of aliphatic hydroxyl groups excluding tert-OH is 1. The molecule has 0 bridgehead atoms. The number of benzene rings is 2. The minimum atomic E-state index is -4.95. The number of sulfonamides is 1. The Morgan fingerprint density at radius 2 is 1.77 bits per heavy atom. The fraction of sp³-hybridized carbons (Fsp3) is 0.458. The van der Waals surface area contributed by atoms with Crippen molar-refractivity contribution in [1.82, 2.24) is 0 Å². The third kappa shape index (κ3) is 5.68. The van der Waals surface area contributed by atoms with E-state index in [0.29, 0.717) is 19.8 Å². The van der Waals surface area contributed by atoms with Gasteiger partial charge in [-0.05, 0) is 74.1 Å². The number of halogens is 4. The summed E-state index contributed by atoms with van der Waals surface area (Å²) in [6.07, 6.45) is -3.68. The lowest BCUT2D eigenvalue weighted by molar-refractivity contribution is -0.258. The Hall–Kier alpha value is -2.50. The number of anilines is 1. The highest BCUT2D eigenvalue weighted by molar-refractivity contribution is 7.92. The third-order valence-electron chi connectivity index (χ3n) is 6.21. The summed E-state index contributed by atoms with van der Waals surface area (Å²) in [5.41, 5.74) is -3.18. The summed E-state index contributed by atoms with van der Waals surface area (Å²) in [6, 6.07) is 6.69. The van der Waals surface area contributed by atoms with E-state index in [1.165, 1.54) is 6.07 Å². The fourth-order valence-electron chi connectivity index (χ4n) is 4.13. The van der Waals surface area contributed by atoms with Gasteiger partial charge in [-0.15, -0.1) is 0 Å². The summed E-state index contributed by atoms with van der Waals surface area (Å²) in [5, 5.41) is 19.0. The van der Waals surface area contributed by atoms with Crippen LogP contribution in [0.15, 0.2) is 47.4 Å². The molecule has 0 aliphatic carbocycles. The van der Waals surface area contributed by atoms with Crippen LogP contribution in [0.1, 0.15) is 50.2 Å². The molecule has 1 aliphatic heterocycles. The number of Topliss-reactive ketones (excluding diaryl/α,β-unsaturated/α-hetero) is 1.